The Labute approximate surface area is 157 Å². The van der Waals surface area contributed by atoms with E-state index in [1.54, 1.807) is 12.1 Å². The highest BCUT2D eigenvalue weighted by atomic mass is 32.2. The maximum atomic E-state index is 12.0. The number of Topliss-reactive ketones (excluding diaryl/α,β-unsaturated/α-hetero) is 1. The highest BCUT2D eigenvalue weighted by Gasteiger charge is 2.13. The van der Waals surface area contributed by atoms with Crippen molar-refractivity contribution in [3.63, 3.8) is 0 Å². The molecule has 3 aromatic rings. The van der Waals surface area contributed by atoms with Gasteiger partial charge in [0.15, 0.2) is 5.78 Å². The first-order valence-electron chi connectivity index (χ1n) is 8.17. The minimum Gasteiger partial charge on any atom is -0.293 e. The van der Waals surface area contributed by atoms with Crippen LogP contribution in [0.15, 0.2) is 59.5 Å². The van der Waals surface area contributed by atoms with Crippen LogP contribution in [0, 0.1) is 6.92 Å². The summed E-state index contributed by atoms with van der Waals surface area (Å²) < 4.78 is 22.8. The molecule has 3 rings (SSSR count). The average Bonchev–Trinajstić information content (AvgIpc) is 3.02. The molecule has 4 nitrogen and oxygen atoms in total. The quantitative estimate of drug-likeness (QED) is 0.651. The fourth-order valence-corrected chi connectivity index (χ4v) is 4.45. The lowest BCUT2D eigenvalue weighted by atomic mass is 10.0. The maximum Gasteiger partial charge on any atom is 0.238 e. The van der Waals surface area contributed by atoms with Crippen molar-refractivity contribution in [3.8, 4) is 21.6 Å². The second-order valence-corrected chi connectivity index (χ2v) is 8.66. The SMILES string of the molecule is CCC(=O)c1cc(C)c(-c2cccc(-c3ccc(S(N)(=O)=O)cc3)c2)s1. The number of benzene rings is 2. The summed E-state index contributed by atoms with van der Waals surface area (Å²) in [7, 11) is -3.70. The van der Waals surface area contributed by atoms with Crippen LogP contribution in [0.1, 0.15) is 28.6 Å². The lowest BCUT2D eigenvalue weighted by molar-refractivity contribution is 0.0992. The van der Waals surface area contributed by atoms with Gasteiger partial charge in [-0.05, 0) is 53.4 Å². The van der Waals surface area contributed by atoms with Gasteiger partial charge in [-0.1, -0.05) is 37.3 Å². The van der Waals surface area contributed by atoms with E-state index in [0.29, 0.717) is 6.42 Å². The number of sulfonamides is 1. The van der Waals surface area contributed by atoms with Gasteiger partial charge in [0.25, 0.3) is 0 Å². The van der Waals surface area contributed by atoms with E-state index in [1.807, 2.05) is 44.2 Å². The number of ketones is 1. The molecule has 0 amide bonds. The molecule has 26 heavy (non-hydrogen) atoms. The van der Waals surface area contributed by atoms with Crippen LogP contribution in [0.2, 0.25) is 0 Å². The Balaban J connectivity index is 1.99. The Bertz CT molecular complexity index is 1060. The molecule has 134 valence electrons. The normalized spacial score (nSPS) is 11.5. The number of thiophene rings is 1. The monoisotopic (exact) mass is 385 g/mol. The lowest BCUT2D eigenvalue weighted by Gasteiger charge is -2.06. The van der Waals surface area contributed by atoms with Crippen LogP contribution >= 0.6 is 11.3 Å². The molecule has 0 radical (unpaired) electrons. The van der Waals surface area contributed by atoms with E-state index in [0.717, 1.165) is 32.0 Å². The van der Waals surface area contributed by atoms with E-state index in [2.05, 4.69) is 0 Å². The predicted octanol–water partition coefficient (Wildman–Crippen LogP) is 4.63. The smallest absolute Gasteiger partial charge is 0.238 e. The molecule has 0 saturated carbocycles. The molecule has 0 spiro atoms. The zero-order valence-corrected chi connectivity index (χ0v) is 16.2. The Hall–Kier alpha value is -2.28. The van der Waals surface area contributed by atoms with E-state index < -0.39 is 10.0 Å². The van der Waals surface area contributed by atoms with Gasteiger partial charge in [-0.3, -0.25) is 4.79 Å². The van der Waals surface area contributed by atoms with Crippen molar-refractivity contribution < 1.29 is 13.2 Å². The number of hydrogen-bond donors (Lipinski definition) is 1. The number of nitrogens with two attached hydrogens (primary N) is 1. The molecule has 0 atom stereocenters. The van der Waals surface area contributed by atoms with Crippen molar-refractivity contribution in [2.24, 2.45) is 5.14 Å². The van der Waals surface area contributed by atoms with E-state index in [9.17, 15) is 13.2 Å². The molecule has 0 saturated heterocycles. The predicted molar refractivity (Wildman–Crippen MR) is 106 cm³/mol. The van der Waals surface area contributed by atoms with Gasteiger partial charge in [-0.2, -0.15) is 0 Å². The van der Waals surface area contributed by atoms with Gasteiger partial charge in [-0.25, -0.2) is 13.6 Å². The largest absolute Gasteiger partial charge is 0.293 e. The van der Waals surface area contributed by atoms with E-state index in [1.165, 1.54) is 23.5 Å². The molecule has 0 unspecified atom stereocenters. The van der Waals surface area contributed by atoms with Crippen LogP contribution in [-0.4, -0.2) is 14.2 Å². The van der Waals surface area contributed by atoms with Crippen molar-refractivity contribution in [1.29, 1.82) is 0 Å². The van der Waals surface area contributed by atoms with Gasteiger partial charge < -0.3 is 0 Å². The summed E-state index contributed by atoms with van der Waals surface area (Å²) in [5, 5.41) is 5.15. The van der Waals surface area contributed by atoms with E-state index >= 15 is 0 Å². The average molecular weight is 386 g/mol. The minimum absolute atomic E-state index is 0.0919. The molecule has 0 aliphatic heterocycles. The molecule has 0 fully saturated rings. The molecule has 6 heteroatoms. The maximum absolute atomic E-state index is 12.0. The van der Waals surface area contributed by atoms with E-state index in [-0.39, 0.29) is 10.7 Å². The number of rotatable bonds is 5. The molecule has 2 aromatic carbocycles. The second-order valence-electron chi connectivity index (χ2n) is 6.05. The standard InChI is InChI=1S/C20H19NO3S2/c1-3-18(22)19-11-13(2)20(25-19)16-6-4-5-15(12-16)14-7-9-17(10-8-14)26(21,23)24/h4-12H,3H2,1-2H3,(H2,21,23,24). The summed E-state index contributed by atoms with van der Waals surface area (Å²) in [4.78, 5) is 13.9. The number of carbonyl (C=O) groups excluding carboxylic acids is 1. The third kappa shape index (κ3) is 3.77. The molecule has 2 N–H and O–H groups in total. The topological polar surface area (TPSA) is 77.2 Å². The summed E-state index contributed by atoms with van der Waals surface area (Å²) in [6.45, 7) is 3.87. The third-order valence-electron chi connectivity index (χ3n) is 4.15. The zero-order valence-electron chi connectivity index (χ0n) is 14.5. The molecular formula is C20H19NO3S2. The third-order valence-corrected chi connectivity index (χ3v) is 6.41. The van der Waals surface area contributed by atoms with Gasteiger partial charge in [0.1, 0.15) is 0 Å². The van der Waals surface area contributed by atoms with Crippen molar-refractivity contribution in [3.05, 3.63) is 65.0 Å². The highest BCUT2D eigenvalue weighted by Crippen LogP contribution is 2.35. The molecule has 0 aliphatic rings. The molecular weight excluding hydrogens is 366 g/mol. The van der Waals surface area contributed by atoms with Gasteiger partial charge in [-0.15, -0.1) is 11.3 Å². The van der Waals surface area contributed by atoms with Crippen LogP contribution in [0.4, 0.5) is 0 Å². The first kappa shape index (κ1) is 18.5. The second kappa shape index (κ2) is 7.15. The minimum atomic E-state index is -3.70. The van der Waals surface area contributed by atoms with Crippen LogP contribution < -0.4 is 5.14 Å². The number of carbonyl (C=O) groups is 1. The van der Waals surface area contributed by atoms with Crippen molar-refractivity contribution in [1.82, 2.24) is 0 Å². The summed E-state index contributed by atoms with van der Waals surface area (Å²) in [6.07, 6.45) is 0.496. The zero-order chi connectivity index (χ0) is 18.9. The molecule has 1 aromatic heterocycles. The number of primary sulfonamides is 1. The molecule has 1 heterocycles. The number of aryl methyl sites for hydroxylation is 1. The van der Waals surface area contributed by atoms with Crippen LogP contribution in [0.3, 0.4) is 0 Å². The fourth-order valence-electron chi connectivity index (χ4n) is 2.76. The Morgan fingerprint density at radius 3 is 2.27 bits per heavy atom. The van der Waals surface area contributed by atoms with Gasteiger partial charge in [0.2, 0.25) is 10.0 Å². The van der Waals surface area contributed by atoms with Crippen LogP contribution in [0.25, 0.3) is 21.6 Å². The van der Waals surface area contributed by atoms with Gasteiger partial charge in [0, 0.05) is 11.3 Å². The summed E-state index contributed by atoms with van der Waals surface area (Å²) in [5.74, 6) is 0.152. The summed E-state index contributed by atoms with van der Waals surface area (Å²) in [5.41, 5.74) is 3.99. The Morgan fingerprint density at radius 2 is 1.65 bits per heavy atom. The van der Waals surface area contributed by atoms with Gasteiger partial charge in [0.05, 0.1) is 9.77 Å². The lowest BCUT2D eigenvalue weighted by Crippen LogP contribution is -2.11. The molecule has 0 aliphatic carbocycles. The Kier molecular flexibility index (Phi) is 5.09. The van der Waals surface area contributed by atoms with Crippen LogP contribution in [0.5, 0.6) is 0 Å². The first-order chi connectivity index (χ1) is 12.3. The fraction of sp³-hybridized carbons (Fsp3) is 0.150. The summed E-state index contributed by atoms with van der Waals surface area (Å²) >= 11 is 1.51. The van der Waals surface area contributed by atoms with Crippen molar-refractivity contribution in [2.45, 2.75) is 25.2 Å². The van der Waals surface area contributed by atoms with Crippen LogP contribution in [-0.2, 0) is 10.0 Å². The van der Waals surface area contributed by atoms with E-state index in [4.69, 9.17) is 5.14 Å². The Morgan fingerprint density at radius 1 is 1.00 bits per heavy atom. The molecule has 0 bridgehead atoms. The highest BCUT2D eigenvalue weighted by molar-refractivity contribution is 7.89. The van der Waals surface area contributed by atoms with Gasteiger partial charge >= 0.3 is 0 Å². The summed E-state index contributed by atoms with van der Waals surface area (Å²) in [6, 6.07) is 16.4. The van der Waals surface area contributed by atoms with Crippen molar-refractivity contribution in [2.75, 3.05) is 0 Å². The first-order valence-corrected chi connectivity index (χ1v) is 10.5. The van der Waals surface area contributed by atoms with Crippen molar-refractivity contribution >= 4 is 27.1 Å². The number of hydrogen-bond acceptors (Lipinski definition) is 4.